The Kier molecular flexibility index (Phi) is 7.31. The number of nitrogens with zero attached hydrogens (tertiary/aromatic N) is 6. The average molecular weight is 532 g/mol. The van der Waals surface area contributed by atoms with Crippen LogP contribution in [0.5, 0.6) is 0 Å². The number of morpholine rings is 1. The Morgan fingerprint density at radius 1 is 0.923 bits per heavy atom. The Hall–Kier alpha value is -3.37. The smallest absolute Gasteiger partial charge is 0.262 e. The molecule has 0 amide bonds. The van der Waals surface area contributed by atoms with E-state index in [1.54, 1.807) is 12.4 Å². The highest BCUT2D eigenvalue weighted by molar-refractivity contribution is 6.00. The van der Waals surface area contributed by atoms with Crippen molar-refractivity contribution in [3.05, 3.63) is 46.1 Å². The number of aryl methyl sites for hydroxylation is 1. The zero-order valence-electron chi connectivity index (χ0n) is 22.9. The van der Waals surface area contributed by atoms with E-state index in [4.69, 9.17) is 4.74 Å². The van der Waals surface area contributed by atoms with Gasteiger partial charge in [0.05, 0.1) is 36.7 Å². The van der Waals surface area contributed by atoms with Crippen LogP contribution in [0.4, 0.5) is 17.5 Å². The monoisotopic (exact) mass is 531 g/mol. The molecule has 0 unspecified atom stereocenters. The van der Waals surface area contributed by atoms with Gasteiger partial charge in [0.1, 0.15) is 17.5 Å². The summed E-state index contributed by atoms with van der Waals surface area (Å²) in [6, 6.07) is 2.62. The molecule has 5 heterocycles. The maximum atomic E-state index is 13.5. The number of carbonyl (C=O) groups is 1. The molecule has 3 aliphatic rings. The van der Waals surface area contributed by atoms with Crippen molar-refractivity contribution in [3.8, 4) is 0 Å². The Bertz CT molecular complexity index is 1400. The summed E-state index contributed by atoms with van der Waals surface area (Å²) in [4.78, 5) is 44.6. The van der Waals surface area contributed by atoms with Crippen molar-refractivity contribution in [3.63, 3.8) is 0 Å². The molecule has 10 nitrogen and oxygen atoms in total. The maximum absolute atomic E-state index is 13.5. The molecule has 3 fully saturated rings. The molecule has 1 N–H and O–H groups in total. The molecule has 0 aromatic carbocycles. The fraction of sp³-hybridized carbons (Fsp3) is 0.552. The number of piperidine rings is 1. The second-order valence-corrected chi connectivity index (χ2v) is 11.0. The molecule has 0 radical (unpaired) electrons. The molecule has 1 aliphatic carbocycles. The van der Waals surface area contributed by atoms with E-state index in [0.717, 1.165) is 94.6 Å². The van der Waals surface area contributed by atoms with E-state index in [9.17, 15) is 9.59 Å². The highest BCUT2D eigenvalue weighted by Crippen LogP contribution is 2.33. The number of fused-ring (bicyclic) bond motifs is 1. The Morgan fingerprint density at radius 2 is 1.64 bits per heavy atom. The van der Waals surface area contributed by atoms with Crippen LogP contribution in [0.15, 0.2) is 29.5 Å². The molecule has 6 rings (SSSR count). The van der Waals surface area contributed by atoms with Gasteiger partial charge in [0.2, 0.25) is 0 Å². The number of Topliss-reactive ketones (excluding diaryl/α,β-unsaturated/α-hetero) is 1. The van der Waals surface area contributed by atoms with E-state index in [-0.39, 0.29) is 22.9 Å². The summed E-state index contributed by atoms with van der Waals surface area (Å²) in [5, 5.41) is 4.10. The Labute approximate surface area is 228 Å². The van der Waals surface area contributed by atoms with Crippen molar-refractivity contribution in [1.82, 2.24) is 24.4 Å². The van der Waals surface area contributed by atoms with Crippen LogP contribution >= 0.6 is 0 Å². The van der Waals surface area contributed by atoms with E-state index in [1.807, 2.05) is 23.8 Å². The molecule has 0 bridgehead atoms. The van der Waals surface area contributed by atoms with Crippen molar-refractivity contribution in [1.29, 1.82) is 0 Å². The topological polar surface area (TPSA) is 105 Å². The maximum Gasteiger partial charge on any atom is 0.262 e. The molecule has 0 atom stereocenters. The zero-order chi connectivity index (χ0) is 26.9. The minimum Gasteiger partial charge on any atom is -0.379 e. The van der Waals surface area contributed by atoms with Gasteiger partial charge in [-0.15, -0.1) is 0 Å². The molecule has 206 valence electrons. The first-order valence-electron chi connectivity index (χ1n) is 14.2. The fourth-order valence-corrected chi connectivity index (χ4v) is 6.55. The van der Waals surface area contributed by atoms with Crippen LogP contribution in [0.3, 0.4) is 0 Å². The number of ether oxygens (including phenoxy) is 1. The summed E-state index contributed by atoms with van der Waals surface area (Å²) in [6.45, 7) is 8.97. The second-order valence-electron chi connectivity index (χ2n) is 11.0. The highest BCUT2D eigenvalue weighted by Gasteiger charge is 2.27. The summed E-state index contributed by atoms with van der Waals surface area (Å²) >= 11 is 0. The SMILES string of the molecule is CC(=O)c1c(C)c2cnc(Nc3cnc(N4CCC(N5CCOCC5)CC4)cn3)cc2n(C2CCCC2)c1=O. The van der Waals surface area contributed by atoms with Gasteiger partial charge in [-0.1, -0.05) is 12.8 Å². The lowest BCUT2D eigenvalue weighted by Crippen LogP contribution is -2.49. The molecule has 3 aromatic rings. The van der Waals surface area contributed by atoms with Gasteiger partial charge in [0.15, 0.2) is 5.78 Å². The summed E-state index contributed by atoms with van der Waals surface area (Å²) in [5.74, 6) is 1.88. The first-order valence-corrected chi connectivity index (χ1v) is 14.2. The van der Waals surface area contributed by atoms with Crippen molar-refractivity contribution >= 4 is 34.1 Å². The second kappa shape index (κ2) is 11.0. The van der Waals surface area contributed by atoms with Crippen molar-refractivity contribution in [2.45, 2.75) is 64.5 Å². The number of rotatable bonds is 6. The standard InChI is InChI=1S/C29H37N7O3/c1-19-23-16-30-25(15-24(23)36(22-5-3-4-6-22)29(38)28(19)20(2)37)33-26-17-32-27(18-31-26)35-9-7-21(8-10-35)34-11-13-39-14-12-34/h15-18,21-22H,3-14H2,1-2H3,(H,30,31,33). The number of pyridine rings is 2. The number of anilines is 3. The van der Waals surface area contributed by atoms with Crippen LogP contribution < -0.4 is 15.8 Å². The van der Waals surface area contributed by atoms with Gasteiger partial charge in [-0.3, -0.25) is 14.5 Å². The first-order chi connectivity index (χ1) is 19.0. The lowest BCUT2D eigenvalue weighted by molar-refractivity contribution is 0.0115. The molecule has 10 heteroatoms. The third-order valence-electron chi connectivity index (χ3n) is 8.64. The lowest BCUT2D eigenvalue weighted by atomic mass is 10.0. The Balaban J connectivity index is 1.20. The predicted molar refractivity (Wildman–Crippen MR) is 151 cm³/mol. The van der Waals surface area contributed by atoms with Gasteiger partial charge in [-0.25, -0.2) is 15.0 Å². The third kappa shape index (κ3) is 5.15. The van der Waals surface area contributed by atoms with E-state index < -0.39 is 0 Å². The molecule has 0 spiro atoms. The molecule has 1 saturated carbocycles. The van der Waals surface area contributed by atoms with Crippen LogP contribution in [0.2, 0.25) is 0 Å². The summed E-state index contributed by atoms with van der Waals surface area (Å²) in [7, 11) is 0. The molecule has 3 aromatic heterocycles. The average Bonchev–Trinajstić information content (AvgIpc) is 3.48. The van der Waals surface area contributed by atoms with E-state index in [0.29, 0.717) is 23.2 Å². The van der Waals surface area contributed by atoms with Crippen LogP contribution in [0.25, 0.3) is 10.9 Å². The number of hydrogen-bond acceptors (Lipinski definition) is 9. The molecular formula is C29H37N7O3. The number of ketones is 1. The van der Waals surface area contributed by atoms with Crippen LogP contribution in [-0.2, 0) is 4.74 Å². The van der Waals surface area contributed by atoms with Gasteiger partial charge < -0.3 is 19.5 Å². The zero-order valence-corrected chi connectivity index (χ0v) is 22.9. The number of aromatic nitrogens is 4. The van der Waals surface area contributed by atoms with Crippen molar-refractivity contribution in [2.75, 3.05) is 49.6 Å². The fourth-order valence-electron chi connectivity index (χ4n) is 6.55. The van der Waals surface area contributed by atoms with Gasteiger partial charge in [-0.05, 0) is 45.1 Å². The normalized spacial score (nSPS) is 19.6. The predicted octanol–water partition coefficient (Wildman–Crippen LogP) is 3.86. The first kappa shape index (κ1) is 25.9. The van der Waals surface area contributed by atoms with E-state index >= 15 is 0 Å². The lowest BCUT2D eigenvalue weighted by Gasteiger charge is -2.40. The molecular weight excluding hydrogens is 494 g/mol. The van der Waals surface area contributed by atoms with Gasteiger partial charge in [-0.2, -0.15) is 0 Å². The number of nitrogens with one attached hydrogen (secondary N) is 1. The highest BCUT2D eigenvalue weighted by atomic mass is 16.5. The quantitative estimate of drug-likeness (QED) is 0.475. The largest absolute Gasteiger partial charge is 0.379 e. The number of hydrogen-bond donors (Lipinski definition) is 1. The van der Waals surface area contributed by atoms with E-state index in [2.05, 4.69) is 30.1 Å². The van der Waals surface area contributed by atoms with Gasteiger partial charge in [0.25, 0.3) is 5.56 Å². The van der Waals surface area contributed by atoms with Crippen LogP contribution in [-0.4, -0.2) is 75.6 Å². The Morgan fingerprint density at radius 3 is 2.31 bits per heavy atom. The molecule has 39 heavy (non-hydrogen) atoms. The number of carbonyl (C=O) groups excluding carboxylic acids is 1. The summed E-state index contributed by atoms with van der Waals surface area (Å²) < 4.78 is 7.33. The van der Waals surface area contributed by atoms with E-state index in [1.165, 1.54) is 6.92 Å². The summed E-state index contributed by atoms with van der Waals surface area (Å²) in [6.07, 6.45) is 11.6. The minimum absolute atomic E-state index is 0.0976. The van der Waals surface area contributed by atoms with Crippen LogP contribution in [0, 0.1) is 6.92 Å². The third-order valence-corrected chi connectivity index (χ3v) is 8.64. The van der Waals surface area contributed by atoms with Crippen molar-refractivity contribution in [2.24, 2.45) is 0 Å². The van der Waals surface area contributed by atoms with Crippen molar-refractivity contribution < 1.29 is 9.53 Å². The van der Waals surface area contributed by atoms with Crippen LogP contribution in [0.1, 0.15) is 67.4 Å². The summed E-state index contributed by atoms with van der Waals surface area (Å²) in [5.41, 5.74) is 1.57. The minimum atomic E-state index is -0.200. The molecule has 2 saturated heterocycles. The van der Waals surface area contributed by atoms with Gasteiger partial charge in [0, 0.05) is 55.9 Å². The van der Waals surface area contributed by atoms with Gasteiger partial charge >= 0.3 is 0 Å². The molecule has 2 aliphatic heterocycles.